The van der Waals surface area contributed by atoms with Gasteiger partial charge in [-0.3, -0.25) is 4.79 Å². The molecule has 0 radical (unpaired) electrons. The molecule has 1 atom stereocenters. The van der Waals surface area contributed by atoms with Crippen LogP contribution in [0.3, 0.4) is 0 Å². The van der Waals surface area contributed by atoms with Gasteiger partial charge < -0.3 is 19.0 Å². The topological polar surface area (TPSA) is 58.8 Å². The molecule has 0 N–H and O–H groups in total. The zero-order chi connectivity index (χ0) is 16.4. The molecule has 4 rings (SSSR count). The highest BCUT2D eigenvalue weighted by molar-refractivity contribution is 5.94. The van der Waals surface area contributed by atoms with Gasteiger partial charge in [0.25, 0.3) is 5.91 Å². The highest BCUT2D eigenvalue weighted by Gasteiger charge is 2.30. The lowest BCUT2D eigenvalue weighted by molar-refractivity contribution is 0.0772. The molecule has 6 heteroatoms. The van der Waals surface area contributed by atoms with Crippen molar-refractivity contribution in [2.24, 2.45) is 0 Å². The van der Waals surface area contributed by atoms with E-state index in [1.807, 2.05) is 23.2 Å². The van der Waals surface area contributed by atoms with Crippen molar-refractivity contribution in [3.63, 3.8) is 0 Å². The Morgan fingerprint density at radius 2 is 2.12 bits per heavy atom. The van der Waals surface area contributed by atoms with E-state index in [9.17, 15) is 4.79 Å². The maximum atomic E-state index is 12.4. The van der Waals surface area contributed by atoms with E-state index >= 15 is 0 Å². The van der Waals surface area contributed by atoms with Gasteiger partial charge in [0, 0.05) is 32.3 Å². The van der Waals surface area contributed by atoms with Gasteiger partial charge in [-0.15, -0.1) is 0 Å². The first kappa shape index (κ1) is 15.1. The number of hydrogen-bond donors (Lipinski definition) is 0. The van der Waals surface area contributed by atoms with Crippen LogP contribution in [-0.2, 0) is 0 Å². The number of hydrogen-bond acceptors (Lipinski definition) is 5. The van der Waals surface area contributed by atoms with Crippen LogP contribution in [-0.4, -0.2) is 48.1 Å². The number of carbonyl (C=O) groups is 1. The molecule has 126 valence electrons. The van der Waals surface area contributed by atoms with Gasteiger partial charge in [0.15, 0.2) is 11.6 Å². The lowest BCUT2D eigenvalue weighted by Gasteiger charge is -2.22. The molecule has 0 aliphatic carbocycles. The van der Waals surface area contributed by atoms with Crippen LogP contribution in [0.15, 0.2) is 41.3 Å². The molecule has 2 saturated heterocycles. The summed E-state index contributed by atoms with van der Waals surface area (Å²) in [5.41, 5.74) is 0.592. The zero-order valence-corrected chi connectivity index (χ0v) is 13.6. The van der Waals surface area contributed by atoms with Gasteiger partial charge in [0.05, 0.1) is 18.4 Å². The Hall–Kier alpha value is -2.50. The van der Waals surface area contributed by atoms with E-state index in [-0.39, 0.29) is 12.0 Å². The summed E-state index contributed by atoms with van der Waals surface area (Å²) in [5.74, 6) is 1.75. The first-order valence-electron chi connectivity index (χ1n) is 8.49. The summed E-state index contributed by atoms with van der Waals surface area (Å²) in [6, 6.07) is 5.57. The fourth-order valence-corrected chi connectivity index (χ4v) is 3.40. The SMILES string of the molecule is O=C(c1ccoc1)N1CCC(Oc2cccnc2N2CCCC2)C1. The van der Waals surface area contributed by atoms with Crippen molar-refractivity contribution in [3.05, 3.63) is 42.5 Å². The Morgan fingerprint density at radius 3 is 2.92 bits per heavy atom. The summed E-state index contributed by atoms with van der Waals surface area (Å²) in [7, 11) is 0. The number of carbonyl (C=O) groups excluding carboxylic acids is 1. The van der Waals surface area contributed by atoms with Gasteiger partial charge in [-0.1, -0.05) is 0 Å². The Kier molecular flexibility index (Phi) is 4.11. The van der Waals surface area contributed by atoms with E-state index in [0.29, 0.717) is 18.7 Å². The number of nitrogens with zero attached hydrogens (tertiary/aromatic N) is 3. The van der Waals surface area contributed by atoms with E-state index in [1.165, 1.54) is 25.4 Å². The van der Waals surface area contributed by atoms with Crippen molar-refractivity contribution in [3.8, 4) is 5.75 Å². The zero-order valence-electron chi connectivity index (χ0n) is 13.6. The summed E-state index contributed by atoms with van der Waals surface area (Å²) in [4.78, 5) is 21.0. The third kappa shape index (κ3) is 2.96. The Bertz CT molecular complexity index is 695. The van der Waals surface area contributed by atoms with Crippen molar-refractivity contribution >= 4 is 11.7 Å². The minimum atomic E-state index is 0.000744. The molecule has 0 bridgehead atoms. The van der Waals surface area contributed by atoms with E-state index in [2.05, 4.69) is 9.88 Å². The minimum Gasteiger partial charge on any atom is -0.485 e. The monoisotopic (exact) mass is 327 g/mol. The van der Waals surface area contributed by atoms with Gasteiger partial charge in [-0.2, -0.15) is 0 Å². The number of amides is 1. The highest BCUT2D eigenvalue weighted by atomic mass is 16.5. The second-order valence-corrected chi connectivity index (χ2v) is 6.31. The summed E-state index contributed by atoms with van der Waals surface area (Å²) in [5, 5.41) is 0. The fraction of sp³-hybridized carbons (Fsp3) is 0.444. The van der Waals surface area contributed by atoms with Crippen LogP contribution in [0, 0.1) is 0 Å². The second-order valence-electron chi connectivity index (χ2n) is 6.31. The maximum absolute atomic E-state index is 12.4. The number of likely N-dealkylation sites (tertiary alicyclic amines) is 1. The third-order valence-corrected chi connectivity index (χ3v) is 4.65. The van der Waals surface area contributed by atoms with E-state index in [1.54, 1.807) is 6.07 Å². The van der Waals surface area contributed by atoms with Crippen LogP contribution >= 0.6 is 0 Å². The molecule has 0 saturated carbocycles. The Labute approximate surface area is 141 Å². The maximum Gasteiger partial charge on any atom is 0.257 e. The normalized spacial score (nSPS) is 20.6. The molecule has 0 aromatic carbocycles. The first-order chi connectivity index (χ1) is 11.8. The molecule has 2 aliphatic heterocycles. The van der Waals surface area contributed by atoms with Gasteiger partial charge in [0.1, 0.15) is 12.4 Å². The quantitative estimate of drug-likeness (QED) is 0.864. The molecule has 1 amide bonds. The molecule has 4 heterocycles. The predicted molar refractivity (Wildman–Crippen MR) is 89.3 cm³/mol. The molecule has 2 aromatic rings. The smallest absolute Gasteiger partial charge is 0.257 e. The number of pyridine rings is 1. The first-order valence-corrected chi connectivity index (χ1v) is 8.49. The lowest BCUT2D eigenvalue weighted by Crippen LogP contribution is -2.31. The third-order valence-electron chi connectivity index (χ3n) is 4.65. The van der Waals surface area contributed by atoms with Crippen LogP contribution in [0.5, 0.6) is 5.75 Å². The summed E-state index contributed by atoms with van der Waals surface area (Å²) in [6.07, 6.45) is 8.06. The number of anilines is 1. The molecule has 2 aliphatic rings. The second kappa shape index (κ2) is 6.55. The predicted octanol–water partition coefficient (Wildman–Crippen LogP) is 2.57. The molecule has 2 fully saturated rings. The van der Waals surface area contributed by atoms with E-state index in [4.69, 9.17) is 9.15 Å². The minimum absolute atomic E-state index is 0.000744. The standard InChI is InChI=1S/C18H21N3O3/c22-18(14-6-11-23-13-14)21-10-5-15(12-21)24-16-4-3-7-19-17(16)20-8-1-2-9-20/h3-4,6-7,11,13,15H,1-2,5,8-10,12H2. The highest BCUT2D eigenvalue weighted by Crippen LogP contribution is 2.30. The van der Waals surface area contributed by atoms with Crippen molar-refractivity contribution < 1.29 is 13.9 Å². The van der Waals surface area contributed by atoms with Crippen LogP contribution in [0.1, 0.15) is 29.6 Å². The van der Waals surface area contributed by atoms with Gasteiger partial charge in [-0.25, -0.2) is 4.98 Å². The molecule has 2 aromatic heterocycles. The lowest BCUT2D eigenvalue weighted by atomic mass is 10.3. The van der Waals surface area contributed by atoms with E-state index < -0.39 is 0 Å². The molecule has 24 heavy (non-hydrogen) atoms. The average Bonchev–Trinajstić information content (AvgIpc) is 3.36. The summed E-state index contributed by atoms with van der Waals surface area (Å²) >= 11 is 0. The largest absolute Gasteiger partial charge is 0.485 e. The van der Waals surface area contributed by atoms with Crippen LogP contribution in [0.4, 0.5) is 5.82 Å². The van der Waals surface area contributed by atoms with Crippen LogP contribution < -0.4 is 9.64 Å². The molecule has 1 unspecified atom stereocenters. The summed E-state index contributed by atoms with van der Waals surface area (Å²) in [6.45, 7) is 3.36. The van der Waals surface area contributed by atoms with E-state index in [0.717, 1.165) is 31.1 Å². The van der Waals surface area contributed by atoms with Gasteiger partial charge in [-0.05, 0) is 31.0 Å². The van der Waals surface area contributed by atoms with Gasteiger partial charge in [0.2, 0.25) is 0 Å². The summed E-state index contributed by atoms with van der Waals surface area (Å²) < 4.78 is 11.2. The molecular weight excluding hydrogens is 306 g/mol. The van der Waals surface area contributed by atoms with Crippen LogP contribution in [0.25, 0.3) is 0 Å². The van der Waals surface area contributed by atoms with Crippen molar-refractivity contribution in [2.75, 3.05) is 31.1 Å². The van der Waals surface area contributed by atoms with Crippen molar-refractivity contribution in [1.29, 1.82) is 0 Å². The molecule has 6 nitrogen and oxygen atoms in total. The average molecular weight is 327 g/mol. The number of ether oxygens (including phenoxy) is 1. The molecule has 0 spiro atoms. The Morgan fingerprint density at radius 1 is 1.25 bits per heavy atom. The van der Waals surface area contributed by atoms with Crippen molar-refractivity contribution in [2.45, 2.75) is 25.4 Å². The van der Waals surface area contributed by atoms with Crippen molar-refractivity contribution in [1.82, 2.24) is 9.88 Å². The number of furan rings is 1. The Balaban J connectivity index is 1.43. The number of aromatic nitrogens is 1. The van der Waals surface area contributed by atoms with Crippen LogP contribution in [0.2, 0.25) is 0 Å². The van der Waals surface area contributed by atoms with Gasteiger partial charge >= 0.3 is 0 Å². The fourth-order valence-electron chi connectivity index (χ4n) is 3.40. The number of rotatable bonds is 4. The molecular formula is C18H21N3O3.